The van der Waals surface area contributed by atoms with E-state index >= 15 is 0 Å². The first-order valence-corrected chi connectivity index (χ1v) is 10.1. The highest BCUT2D eigenvalue weighted by Gasteiger charge is 2.35. The largest absolute Gasteiger partial charge is 0.369 e. The molecule has 0 aliphatic carbocycles. The zero-order chi connectivity index (χ0) is 22.9. The van der Waals surface area contributed by atoms with Crippen LogP contribution in [0.15, 0.2) is 47.5 Å². The maximum Gasteiger partial charge on any atom is 0.278 e. The van der Waals surface area contributed by atoms with Gasteiger partial charge in [0.25, 0.3) is 17.7 Å². The second kappa shape index (κ2) is 8.45. The van der Waals surface area contributed by atoms with Crippen molar-refractivity contribution in [2.75, 3.05) is 27.2 Å². The molecule has 4 rings (SSSR count). The van der Waals surface area contributed by atoms with Crippen LogP contribution in [-0.2, 0) is 0 Å². The molecule has 32 heavy (non-hydrogen) atoms. The van der Waals surface area contributed by atoms with Crippen LogP contribution in [0.5, 0.6) is 0 Å². The predicted octanol–water partition coefficient (Wildman–Crippen LogP) is 3.02. The standard InChI is InChI=1S/C22H22F2N6O2/c1-28(2)14-25-20(31)15-3-6-17(7-4-15)30-19-8-5-16(13-18(19)26-27-30)21(32)29-11-9-22(23,24)10-12-29/h3-8,13-14H,9-12H2,1-2H3. The van der Waals surface area contributed by atoms with Gasteiger partial charge in [0, 0.05) is 51.2 Å². The number of benzene rings is 2. The Morgan fingerprint density at radius 3 is 2.38 bits per heavy atom. The van der Waals surface area contributed by atoms with E-state index in [1.165, 1.54) is 11.2 Å². The second-order valence-corrected chi connectivity index (χ2v) is 7.91. The van der Waals surface area contributed by atoms with Gasteiger partial charge in [0.1, 0.15) is 5.52 Å². The van der Waals surface area contributed by atoms with Crippen molar-refractivity contribution >= 4 is 29.2 Å². The molecule has 1 aromatic heterocycles. The van der Waals surface area contributed by atoms with Gasteiger partial charge in [-0.15, -0.1) is 5.10 Å². The number of carbonyl (C=O) groups is 2. The van der Waals surface area contributed by atoms with Crippen LogP contribution in [0, 0.1) is 0 Å². The molecule has 0 spiro atoms. The second-order valence-electron chi connectivity index (χ2n) is 7.91. The summed E-state index contributed by atoms with van der Waals surface area (Å²) in [6.07, 6.45) is 0.793. The van der Waals surface area contributed by atoms with Crippen LogP contribution in [0.25, 0.3) is 16.7 Å². The van der Waals surface area contributed by atoms with Crippen LogP contribution in [0.1, 0.15) is 33.6 Å². The lowest BCUT2D eigenvalue weighted by Gasteiger charge is -2.31. The van der Waals surface area contributed by atoms with E-state index in [2.05, 4.69) is 15.3 Å². The van der Waals surface area contributed by atoms with E-state index in [0.717, 1.165) is 0 Å². The molecule has 10 heteroatoms. The van der Waals surface area contributed by atoms with Gasteiger partial charge in [0.05, 0.1) is 17.5 Å². The smallest absolute Gasteiger partial charge is 0.278 e. The third kappa shape index (κ3) is 4.48. The predicted molar refractivity (Wildman–Crippen MR) is 115 cm³/mol. The SMILES string of the molecule is CN(C)C=NC(=O)c1ccc(-n2nnc3cc(C(=O)N4CCC(F)(F)CC4)ccc32)cc1. The van der Waals surface area contributed by atoms with Crippen molar-refractivity contribution in [1.82, 2.24) is 24.8 Å². The summed E-state index contributed by atoms with van der Waals surface area (Å²) in [5, 5.41) is 8.29. The van der Waals surface area contributed by atoms with Crippen LogP contribution in [0.3, 0.4) is 0 Å². The molecule has 0 N–H and O–H groups in total. The molecule has 1 aliphatic heterocycles. The van der Waals surface area contributed by atoms with Crippen molar-refractivity contribution in [3.63, 3.8) is 0 Å². The highest BCUT2D eigenvalue weighted by Crippen LogP contribution is 2.28. The molecule has 2 heterocycles. The van der Waals surface area contributed by atoms with Crippen LogP contribution in [0.2, 0.25) is 0 Å². The van der Waals surface area contributed by atoms with Gasteiger partial charge in [0.2, 0.25) is 0 Å². The number of halogens is 2. The minimum Gasteiger partial charge on any atom is -0.369 e. The molecular weight excluding hydrogens is 418 g/mol. The Balaban J connectivity index is 1.53. The van der Waals surface area contributed by atoms with Crippen LogP contribution in [-0.4, -0.2) is 76.1 Å². The number of nitrogens with zero attached hydrogens (tertiary/aromatic N) is 6. The molecule has 0 atom stereocenters. The number of amides is 2. The number of hydrogen-bond acceptors (Lipinski definition) is 4. The first kappa shape index (κ1) is 21.5. The summed E-state index contributed by atoms with van der Waals surface area (Å²) in [6, 6.07) is 11.8. The van der Waals surface area contributed by atoms with Crippen molar-refractivity contribution in [2.45, 2.75) is 18.8 Å². The summed E-state index contributed by atoms with van der Waals surface area (Å²) in [4.78, 5) is 31.8. The highest BCUT2D eigenvalue weighted by atomic mass is 19.3. The number of aliphatic imine (C=N–C) groups is 1. The summed E-state index contributed by atoms with van der Waals surface area (Å²) in [5.41, 5.74) is 2.70. The lowest BCUT2D eigenvalue weighted by Crippen LogP contribution is -2.42. The number of piperidine rings is 1. The highest BCUT2D eigenvalue weighted by molar-refractivity contribution is 5.99. The maximum absolute atomic E-state index is 13.4. The number of hydrogen-bond donors (Lipinski definition) is 0. The average molecular weight is 440 g/mol. The van der Waals surface area contributed by atoms with E-state index in [9.17, 15) is 18.4 Å². The Morgan fingerprint density at radius 1 is 1.06 bits per heavy atom. The van der Waals surface area contributed by atoms with E-state index in [0.29, 0.717) is 27.8 Å². The molecule has 0 saturated carbocycles. The zero-order valence-electron chi connectivity index (χ0n) is 17.7. The lowest BCUT2D eigenvalue weighted by molar-refractivity contribution is -0.0494. The first-order valence-electron chi connectivity index (χ1n) is 10.1. The summed E-state index contributed by atoms with van der Waals surface area (Å²) >= 11 is 0. The fourth-order valence-electron chi connectivity index (χ4n) is 3.45. The molecule has 2 amide bonds. The molecule has 0 radical (unpaired) electrons. The lowest BCUT2D eigenvalue weighted by atomic mass is 10.1. The van der Waals surface area contributed by atoms with Gasteiger partial charge in [-0.1, -0.05) is 5.21 Å². The third-order valence-electron chi connectivity index (χ3n) is 5.24. The maximum atomic E-state index is 13.4. The Bertz CT molecular complexity index is 1180. The third-order valence-corrected chi connectivity index (χ3v) is 5.24. The van der Waals surface area contributed by atoms with Gasteiger partial charge in [-0.05, 0) is 42.5 Å². The molecular formula is C22H22F2N6O2. The van der Waals surface area contributed by atoms with E-state index in [1.54, 1.807) is 66.1 Å². The van der Waals surface area contributed by atoms with Gasteiger partial charge >= 0.3 is 0 Å². The quantitative estimate of drug-likeness (QED) is 0.460. The van der Waals surface area contributed by atoms with E-state index in [4.69, 9.17) is 0 Å². The summed E-state index contributed by atoms with van der Waals surface area (Å²) in [7, 11) is 3.55. The molecule has 3 aromatic rings. The van der Waals surface area contributed by atoms with Gasteiger partial charge in [-0.25, -0.2) is 13.5 Å². The number of likely N-dealkylation sites (tertiary alicyclic amines) is 1. The Labute approximate surface area is 183 Å². The molecule has 0 unspecified atom stereocenters. The van der Waals surface area contributed by atoms with E-state index < -0.39 is 5.92 Å². The van der Waals surface area contributed by atoms with Gasteiger partial charge in [-0.2, -0.15) is 4.99 Å². The van der Waals surface area contributed by atoms with Crippen LogP contribution in [0.4, 0.5) is 8.78 Å². The molecule has 166 valence electrons. The molecule has 8 nitrogen and oxygen atoms in total. The molecule has 2 aromatic carbocycles. The summed E-state index contributed by atoms with van der Waals surface area (Å²) < 4.78 is 28.3. The normalized spacial score (nSPS) is 15.9. The molecule has 0 bridgehead atoms. The Hall–Kier alpha value is -3.69. The van der Waals surface area contributed by atoms with Crippen molar-refractivity contribution in [3.05, 3.63) is 53.6 Å². The van der Waals surface area contributed by atoms with Crippen molar-refractivity contribution < 1.29 is 18.4 Å². The van der Waals surface area contributed by atoms with Gasteiger partial charge in [-0.3, -0.25) is 9.59 Å². The summed E-state index contributed by atoms with van der Waals surface area (Å²) in [6.45, 7) is 0.0560. The topological polar surface area (TPSA) is 83.7 Å². The molecule has 1 aliphatic rings. The number of carbonyl (C=O) groups excluding carboxylic acids is 2. The fourth-order valence-corrected chi connectivity index (χ4v) is 3.45. The van der Waals surface area contributed by atoms with Crippen LogP contribution < -0.4 is 0 Å². The minimum absolute atomic E-state index is 0.0280. The number of fused-ring (bicyclic) bond motifs is 1. The number of rotatable bonds is 4. The number of aromatic nitrogens is 3. The Kier molecular flexibility index (Phi) is 5.68. The van der Waals surface area contributed by atoms with Crippen LogP contribution >= 0.6 is 0 Å². The van der Waals surface area contributed by atoms with Gasteiger partial charge < -0.3 is 9.80 Å². The average Bonchev–Trinajstić information content (AvgIpc) is 3.20. The Morgan fingerprint density at radius 2 is 1.72 bits per heavy atom. The van der Waals surface area contributed by atoms with Gasteiger partial charge in [0.15, 0.2) is 0 Å². The first-order chi connectivity index (χ1) is 15.2. The summed E-state index contributed by atoms with van der Waals surface area (Å²) in [5.74, 6) is -3.35. The van der Waals surface area contributed by atoms with Crippen molar-refractivity contribution in [2.24, 2.45) is 4.99 Å². The molecule has 1 fully saturated rings. The van der Waals surface area contributed by atoms with Crippen molar-refractivity contribution in [3.8, 4) is 5.69 Å². The minimum atomic E-state index is -2.71. The van der Waals surface area contributed by atoms with E-state index in [-0.39, 0.29) is 37.7 Å². The monoisotopic (exact) mass is 440 g/mol. The van der Waals surface area contributed by atoms with Crippen molar-refractivity contribution in [1.29, 1.82) is 0 Å². The number of alkyl halides is 2. The van der Waals surface area contributed by atoms with E-state index in [1.807, 2.05) is 0 Å². The zero-order valence-corrected chi connectivity index (χ0v) is 17.7. The molecule has 1 saturated heterocycles. The fraction of sp³-hybridized carbons (Fsp3) is 0.318.